The predicted molar refractivity (Wildman–Crippen MR) is 71.0 cm³/mol. The van der Waals surface area contributed by atoms with Gasteiger partial charge in [-0.3, -0.25) is 4.79 Å². The largest absolute Gasteiger partial charge is 0.481 e. The summed E-state index contributed by atoms with van der Waals surface area (Å²) >= 11 is 0. The Kier molecular flexibility index (Phi) is 7.25. The lowest BCUT2D eigenvalue weighted by Gasteiger charge is -2.22. The third kappa shape index (κ3) is 7.00. The van der Waals surface area contributed by atoms with E-state index >= 15 is 0 Å². The number of rotatable bonds is 7. The number of carbonyl (C=O) groups excluding carboxylic acids is 1. The van der Waals surface area contributed by atoms with Crippen LogP contribution in [0.15, 0.2) is 0 Å². The number of hydrogen-bond donors (Lipinski definition) is 3. The van der Waals surface area contributed by atoms with Crippen molar-refractivity contribution in [2.75, 3.05) is 26.3 Å². The number of urea groups is 1. The molecule has 1 unspecified atom stereocenters. The number of hydrogen-bond acceptors (Lipinski definition) is 3. The van der Waals surface area contributed by atoms with E-state index in [1.54, 1.807) is 6.92 Å². The lowest BCUT2D eigenvalue weighted by atomic mass is 10.0. The number of amides is 2. The van der Waals surface area contributed by atoms with Gasteiger partial charge in [0.1, 0.15) is 0 Å². The van der Waals surface area contributed by atoms with Crippen LogP contribution in [0.2, 0.25) is 0 Å². The first kappa shape index (κ1) is 15.8. The summed E-state index contributed by atoms with van der Waals surface area (Å²) in [6, 6.07) is -0.172. The molecule has 0 saturated carbocycles. The number of ether oxygens (including phenoxy) is 1. The highest BCUT2D eigenvalue weighted by molar-refractivity contribution is 5.73. The summed E-state index contributed by atoms with van der Waals surface area (Å²) in [5, 5.41) is 14.3. The molecule has 1 aliphatic rings. The Morgan fingerprint density at radius 1 is 1.32 bits per heavy atom. The fraction of sp³-hybridized carbons (Fsp3) is 0.846. The van der Waals surface area contributed by atoms with Crippen LogP contribution in [0.1, 0.15) is 32.6 Å². The first-order chi connectivity index (χ1) is 9.09. The van der Waals surface area contributed by atoms with Crippen molar-refractivity contribution >= 4 is 12.0 Å². The van der Waals surface area contributed by atoms with Crippen molar-refractivity contribution in [3.8, 4) is 0 Å². The number of aliphatic carboxylic acids is 1. The molecule has 110 valence electrons. The van der Waals surface area contributed by atoms with Crippen molar-refractivity contribution in [2.45, 2.75) is 32.6 Å². The minimum atomic E-state index is -0.788. The number of carboxylic acids is 1. The van der Waals surface area contributed by atoms with Crippen LogP contribution in [0.4, 0.5) is 4.79 Å². The van der Waals surface area contributed by atoms with E-state index in [2.05, 4.69) is 10.6 Å². The van der Waals surface area contributed by atoms with Crippen molar-refractivity contribution < 1.29 is 19.4 Å². The summed E-state index contributed by atoms with van der Waals surface area (Å²) in [6.45, 7) is 4.42. The van der Waals surface area contributed by atoms with Gasteiger partial charge >= 0.3 is 12.0 Å². The van der Waals surface area contributed by atoms with Crippen LogP contribution in [0, 0.1) is 11.8 Å². The number of carboxylic acid groups (broad SMARTS) is 1. The standard InChI is InChI=1S/C13H24N2O4/c1-10(12(16)17)3-2-6-14-13(18)15-9-11-4-7-19-8-5-11/h10-11H,2-9H2,1H3,(H,16,17)(H2,14,15,18). The monoisotopic (exact) mass is 272 g/mol. The molecule has 1 rings (SSSR count). The van der Waals surface area contributed by atoms with E-state index in [1.807, 2.05) is 0 Å². The molecule has 19 heavy (non-hydrogen) atoms. The Morgan fingerprint density at radius 2 is 2.00 bits per heavy atom. The van der Waals surface area contributed by atoms with E-state index in [9.17, 15) is 9.59 Å². The van der Waals surface area contributed by atoms with Gasteiger partial charge in [-0.1, -0.05) is 6.92 Å². The molecule has 1 atom stereocenters. The maximum atomic E-state index is 11.5. The van der Waals surface area contributed by atoms with Crippen molar-refractivity contribution in [2.24, 2.45) is 11.8 Å². The average Bonchev–Trinajstić information content (AvgIpc) is 2.42. The van der Waals surface area contributed by atoms with Crippen molar-refractivity contribution in [3.63, 3.8) is 0 Å². The molecule has 2 amide bonds. The maximum absolute atomic E-state index is 11.5. The van der Waals surface area contributed by atoms with Crippen LogP contribution >= 0.6 is 0 Å². The summed E-state index contributed by atoms with van der Waals surface area (Å²) in [5.41, 5.74) is 0. The molecule has 0 aliphatic carbocycles. The van der Waals surface area contributed by atoms with Gasteiger partial charge in [-0.15, -0.1) is 0 Å². The molecular formula is C13H24N2O4. The van der Waals surface area contributed by atoms with Crippen LogP contribution in [-0.2, 0) is 9.53 Å². The quantitative estimate of drug-likeness (QED) is 0.608. The molecule has 0 aromatic rings. The first-order valence-electron chi connectivity index (χ1n) is 6.92. The molecule has 1 aliphatic heterocycles. The summed E-state index contributed by atoms with van der Waals surface area (Å²) in [5.74, 6) is -0.636. The maximum Gasteiger partial charge on any atom is 0.314 e. The number of carbonyl (C=O) groups is 2. The van der Waals surface area contributed by atoms with Crippen LogP contribution < -0.4 is 10.6 Å². The Hall–Kier alpha value is -1.30. The zero-order valence-electron chi connectivity index (χ0n) is 11.5. The second kappa shape index (κ2) is 8.74. The van der Waals surface area contributed by atoms with Crippen molar-refractivity contribution in [1.82, 2.24) is 10.6 Å². The van der Waals surface area contributed by atoms with Gasteiger partial charge in [0, 0.05) is 26.3 Å². The zero-order valence-corrected chi connectivity index (χ0v) is 11.5. The lowest BCUT2D eigenvalue weighted by molar-refractivity contribution is -0.141. The van der Waals surface area contributed by atoms with Gasteiger partial charge in [0.2, 0.25) is 0 Å². The summed E-state index contributed by atoms with van der Waals surface area (Å²) in [6.07, 6.45) is 3.25. The molecule has 0 spiro atoms. The SMILES string of the molecule is CC(CCCNC(=O)NCC1CCOCC1)C(=O)O. The smallest absolute Gasteiger partial charge is 0.314 e. The van der Waals surface area contributed by atoms with Gasteiger partial charge < -0.3 is 20.5 Å². The van der Waals surface area contributed by atoms with Crippen LogP contribution in [0.5, 0.6) is 0 Å². The zero-order chi connectivity index (χ0) is 14.1. The molecule has 0 radical (unpaired) electrons. The average molecular weight is 272 g/mol. The van der Waals surface area contributed by atoms with Gasteiger partial charge in [0.15, 0.2) is 0 Å². The van der Waals surface area contributed by atoms with Crippen LogP contribution in [-0.4, -0.2) is 43.4 Å². The summed E-state index contributed by atoms with van der Waals surface area (Å²) in [4.78, 5) is 22.1. The van der Waals surface area contributed by atoms with E-state index < -0.39 is 5.97 Å². The molecule has 6 nitrogen and oxygen atoms in total. The van der Waals surface area contributed by atoms with Crippen LogP contribution in [0.3, 0.4) is 0 Å². The van der Waals surface area contributed by atoms with Gasteiger partial charge in [-0.05, 0) is 31.6 Å². The molecule has 3 N–H and O–H groups in total. The molecule has 0 aromatic heterocycles. The van der Waals surface area contributed by atoms with E-state index in [1.165, 1.54) is 0 Å². The van der Waals surface area contributed by atoms with E-state index in [0.717, 1.165) is 26.1 Å². The lowest BCUT2D eigenvalue weighted by Crippen LogP contribution is -2.39. The second-order valence-corrected chi connectivity index (χ2v) is 5.07. The summed E-state index contributed by atoms with van der Waals surface area (Å²) in [7, 11) is 0. The van der Waals surface area contributed by atoms with Crippen LogP contribution in [0.25, 0.3) is 0 Å². The third-order valence-electron chi connectivity index (χ3n) is 3.41. The number of nitrogens with one attached hydrogen (secondary N) is 2. The highest BCUT2D eigenvalue weighted by Gasteiger charge is 2.14. The van der Waals surface area contributed by atoms with E-state index in [4.69, 9.17) is 9.84 Å². The fourth-order valence-corrected chi connectivity index (χ4v) is 1.98. The van der Waals surface area contributed by atoms with Gasteiger partial charge in [0.25, 0.3) is 0 Å². The molecule has 1 heterocycles. The van der Waals surface area contributed by atoms with Crippen molar-refractivity contribution in [3.05, 3.63) is 0 Å². The third-order valence-corrected chi connectivity index (χ3v) is 3.41. The molecule has 1 fully saturated rings. The second-order valence-electron chi connectivity index (χ2n) is 5.07. The minimum Gasteiger partial charge on any atom is -0.481 e. The Labute approximate surface area is 113 Å². The molecule has 1 saturated heterocycles. The topological polar surface area (TPSA) is 87.7 Å². The Morgan fingerprint density at radius 3 is 2.63 bits per heavy atom. The molecule has 0 bridgehead atoms. The first-order valence-corrected chi connectivity index (χ1v) is 6.92. The van der Waals surface area contributed by atoms with Gasteiger partial charge in [0.05, 0.1) is 5.92 Å². The summed E-state index contributed by atoms with van der Waals surface area (Å²) < 4.78 is 5.25. The van der Waals surface area contributed by atoms with Gasteiger partial charge in [-0.2, -0.15) is 0 Å². The van der Waals surface area contributed by atoms with Gasteiger partial charge in [-0.25, -0.2) is 4.79 Å². The van der Waals surface area contributed by atoms with E-state index in [-0.39, 0.29) is 11.9 Å². The molecular weight excluding hydrogens is 248 g/mol. The highest BCUT2D eigenvalue weighted by atomic mass is 16.5. The normalized spacial score (nSPS) is 17.7. The Balaban J connectivity index is 2.00. The van der Waals surface area contributed by atoms with E-state index in [0.29, 0.717) is 31.8 Å². The minimum absolute atomic E-state index is 0.172. The fourth-order valence-electron chi connectivity index (χ4n) is 1.98. The molecule has 0 aromatic carbocycles. The highest BCUT2D eigenvalue weighted by Crippen LogP contribution is 2.12. The molecule has 6 heteroatoms. The predicted octanol–water partition coefficient (Wildman–Crippen LogP) is 1.21. The van der Waals surface area contributed by atoms with Crippen molar-refractivity contribution in [1.29, 1.82) is 0 Å². The Bertz CT molecular complexity index is 290.